The third-order valence-corrected chi connectivity index (χ3v) is 20.9. The molecule has 0 spiro atoms. The van der Waals surface area contributed by atoms with Gasteiger partial charge in [0.15, 0.2) is 22.4 Å². The van der Waals surface area contributed by atoms with E-state index in [2.05, 4.69) is 88.5 Å². The van der Waals surface area contributed by atoms with E-state index in [9.17, 15) is 9.90 Å². The number of carbonyl (C=O) groups is 1. The van der Waals surface area contributed by atoms with Crippen molar-refractivity contribution in [2.45, 2.75) is 174 Å². The van der Waals surface area contributed by atoms with Crippen LogP contribution in [0.5, 0.6) is 5.75 Å². The summed E-state index contributed by atoms with van der Waals surface area (Å²) in [6, 6.07) is 7.80. The van der Waals surface area contributed by atoms with Gasteiger partial charge in [0.1, 0.15) is 5.75 Å². The van der Waals surface area contributed by atoms with Gasteiger partial charge < -0.3 is 28.2 Å². The Morgan fingerprint density at radius 1 is 1.00 bits per heavy atom. The second kappa shape index (κ2) is 17.0. The highest BCUT2D eigenvalue weighted by atomic mass is 28.4. The lowest BCUT2D eigenvalue weighted by Gasteiger charge is -2.46. The van der Waals surface area contributed by atoms with Gasteiger partial charge >= 0.3 is 0 Å². The highest BCUT2D eigenvalue weighted by molar-refractivity contribution is 6.74. The molecule has 0 aromatic heterocycles. The summed E-state index contributed by atoms with van der Waals surface area (Å²) >= 11 is 0. The zero-order valence-corrected chi connectivity index (χ0v) is 36.0. The highest BCUT2D eigenvalue weighted by Gasteiger charge is 2.48. The maximum absolute atomic E-state index is 13.8. The zero-order valence-electron chi connectivity index (χ0n) is 34.0. The molecule has 0 bridgehead atoms. The van der Waals surface area contributed by atoms with E-state index < -0.39 is 33.9 Å². The predicted molar refractivity (Wildman–Crippen MR) is 205 cm³/mol. The molecule has 1 aliphatic heterocycles. The molecule has 0 aliphatic carbocycles. The van der Waals surface area contributed by atoms with Crippen LogP contribution >= 0.6 is 0 Å². The molecule has 0 amide bonds. The summed E-state index contributed by atoms with van der Waals surface area (Å²) in [5.74, 6) is 0.403. The SMILES string of the molecule is COc1ccc(CO[C@H]([C@H](C)CO[Si](C)(C)C(C)(C)C)[C@@H](C)C(=O)/C=C/CC[C@](C)([O-])[C@H]2CC[C@@](C)([C@@H](C)O[Si](C)(C)C(C)(C)C)O2)cc1. The lowest BCUT2D eigenvalue weighted by atomic mass is 9.89. The van der Waals surface area contributed by atoms with Crippen LogP contribution in [0.25, 0.3) is 0 Å². The fourth-order valence-electron chi connectivity index (χ4n) is 5.74. The molecule has 1 aromatic rings. The number of allylic oxidation sites excluding steroid dienone is 2. The second-order valence-electron chi connectivity index (χ2n) is 18.1. The number of ether oxygens (including phenoxy) is 3. The quantitative estimate of drug-likeness (QED) is 0.110. The van der Waals surface area contributed by atoms with Crippen molar-refractivity contribution < 1.29 is 33.0 Å². The van der Waals surface area contributed by atoms with Crippen LogP contribution < -0.4 is 9.84 Å². The predicted octanol–water partition coefficient (Wildman–Crippen LogP) is 9.25. The Bertz CT molecular complexity index is 1210. The summed E-state index contributed by atoms with van der Waals surface area (Å²) in [5.41, 5.74) is -0.745. The minimum absolute atomic E-state index is 0.00138. The molecule has 7 atom stereocenters. The van der Waals surface area contributed by atoms with Gasteiger partial charge in [0.2, 0.25) is 0 Å². The minimum Gasteiger partial charge on any atom is -0.848 e. The standard InChI is InChI=1S/C40H71O7Si2/c1-29(27-45-48(13,14)37(4,5)6)36(44-28-32-20-22-33(43-12)23-21-32)30(2)34(41)19-17-18-25-39(10,42)35-24-26-40(11,46-35)31(3)47-49(15,16)38(7,8)9/h17,19-23,29-31,35-36H,18,24-28H2,1-16H3/q-1/b19-17+/t29-,30+,31-,35-,36-,39+,40+/m1/s1. The minimum atomic E-state index is -1.98. The van der Waals surface area contributed by atoms with Crippen LogP contribution in [-0.2, 0) is 29.7 Å². The zero-order chi connectivity index (χ0) is 37.6. The van der Waals surface area contributed by atoms with Crippen LogP contribution in [0, 0.1) is 11.8 Å². The van der Waals surface area contributed by atoms with E-state index in [0.717, 1.165) is 17.7 Å². The van der Waals surface area contributed by atoms with E-state index in [0.29, 0.717) is 32.5 Å². The summed E-state index contributed by atoms with van der Waals surface area (Å²) in [5, 5.41) is 14.0. The monoisotopic (exact) mass is 719 g/mol. The van der Waals surface area contributed by atoms with Crippen LogP contribution in [0.4, 0.5) is 0 Å². The molecule has 1 aromatic carbocycles. The Labute approximate surface area is 302 Å². The van der Waals surface area contributed by atoms with Crippen molar-refractivity contribution in [2.24, 2.45) is 11.8 Å². The van der Waals surface area contributed by atoms with Crippen molar-refractivity contribution in [3.05, 3.63) is 42.0 Å². The van der Waals surface area contributed by atoms with Crippen molar-refractivity contribution in [2.75, 3.05) is 13.7 Å². The Kier molecular flexibility index (Phi) is 15.2. The van der Waals surface area contributed by atoms with Gasteiger partial charge in [-0.05, 0) is 93.1 Å². The van der Waals surface area contributed by atoms with Crippen LogP contribution in [0.3, 0.4) is 0 Å². The van der Waals surface area contributed by atoms with E-state index in [1.807, 2.05) is 37.3 Å². The van der Waals surface area contributed by atoms with Crippen molar-refractivity contribution in [1.82, 2.24) is 0 Å². The average molecular weight is 720 g/mol. The Hall–Kier alpha value is -1.34. The van der Waals surface area contributed by atoms with E-state index in [1.54, 1.807) is 20.1 Å². The fraction of sp³-hybridized carbons (Fsp3) is 0.775. The molecule has 9 heteroatoms. The van der Waals surface area contributed by atoms with Gasteiger partial charge in [-0.15, -0.1) is 0 Å². The van der Waals surface area contributed by atoms with Crippen LogP contribution in [0.15, 0.2) is 36.4 Å². The van der Waals surface area contributed by atoms with Gasteiger partial charge in [-0.3, -0.25) is 4.79 Å². The number of ketones is 1. The van der Waals surface area contributed by atoms with Gasteiger partial charge in [-0.2, -0.15) is 0 Å². The van der Waals surface area contributed by atoms with Gasteiger partial charge in [0.05, 0.1) is 31.5 Å². The van der Waals surface area contributed by atoms with E-state index in [1.165, 1.54) is 0 Å². The summed E-state index contributed by atoms with van der Waals surface area (Å²) in [4.78, 5) is 13.5. The molecule has 0 radical (unpaired) electrons. The molecule has 1 fully saturated rings. The molecule has 2 rings (SSSR count). The summed E-state index contributed by atoms with van der Waals surface area (Å²) in [6.07, 6.45) is 5.06. The molecule has 0 N–H and O–H groups in total. The molecule has 282 valence electrons. The van der Waals surface area contributed by atoms with Crippen molar-refractivity contribution in [1.29, 1.82) is 0 Å². The van der Waals surface area contributed by atoms with Crippen LogP contribution in [0.2, 0.25) is 36.3 Å². The maximum atomic E-state index is 13.8. The number of hydrogen-bond donors (Lipinski definition) is 0. The second-order valence-corrected chi connectivity index (χ2v) is 27.7. The molecule has 49 heavy (non-hydrogen) atoms. The largest absolute Gasteiger partial charge is 0.848 e. The molecule has 1 heterocycles. The number of benzene rings is 1. The topological polar surface area (TPSA) is 86.3 Å². The van der Waals surface area contributed by atoms with Gasteiger partial charge in [0, 0.05) is 24.5 Å². The number of hydrogen-bond acceptors (Lipinski definition) is 7. The number of carbonyl (C=O) groups excluding carboxylic acids is 1. The van der Waals surface area contributed by atoms with Gasteiger partial charge in [-0.25, -0.2) is 0 Å². The molecule has 1 saturated heterocycles. The average Bonchev–Trinajstić information content (AvgIpc) is 3.41. The third-order valence-electron chi connectivity index (χ3n) is 11.8. The van der Waals surface area contributed by atoms with E-state index >= 15 is 0 Å². The first-order valence-electron chi connectivity index (χ1n) is 18.4. The molecular formula is C40H71O7Si2-. The third kappa shape index (κ3) is 12.1. The number of rotatable bonds is 18. The molecule has 1 aliphatic rings. The Morgan fingerprint density at radius 3 is 2.10 bits per heavy atom. The lowest BCUT2D eigenvalue weighted by molar-refractivity contribution is -0.494. The number of methoxy groups -OCH3 is 1. The van der Waals surface area contributed by atoms with E-state index in [-0.39, 0.29) is 39.9 Å². The fourth-order valence-corrected chi connectivity index (χ4v) is 8.34. The molecule has 0 unspecified atom stereocenters. The Morgan fingerprint density at radius 2 is 1.57 bits per heavy atom. The molecular weight excluding hydrogens is 649 g/mol. The van der Waals surface area contributed by atoms with Crippen LogP contribution in [0.1, 0.15) is 107 Å². The van der Waals surface area contributed by atoms with Gasteiger partial charge in [-0.1, -0.05) is 92.5 Å². The smallest absolute Gasteiger partial charge is 0.192 e. The molecule has 0 saturated carbocycles. The summed E-state index contributed by atoms with van der Waals surface area (Å²) in [6.45, 7) is 33.3. The normalized spacial score (nSPS) is 23.2. The molecule has 7 nitrogen and oxygen atoms in total. The first-order valence-corrected chi connectivity index (χ1v) is 24.2. The summed E-state index contributed by atoms with van der Waals surface area (Å²) in [7, 11) is -2.30. The van der Waals surface area contributed by atoms with Crippen molar-refractivity contribution >= 4 is 22.4 Å². The lowest BCUT2D eigenvalue weighted by Crippen LogP contribution is -2.54. The Balaban J connectivity index is 2.06. The van der Waals surface area contributed by atoms with Crippen molar-refractivity contribution in [3.8, 4) is 5.75 Å². The van der Waals surface area contributed by atoms with Crippen molar-refractivity contribution in [3.63, 3.8) is 0 Å². The van der Waals surface area contributed by atoms with Crippen LogP contribution in [-0.4, -0.2) is 65.6 Å². The highest BCUT2D eigenvalue weighted by Crippen LogP contribution is 2.43. The van der Waals surface area contributed by atoms with E-state index in [4.69, 9.17) is 23.1 Å². The first-order chi connectivity index (χ1) is 22.3. The maximum Gasteiger partial charge on any atom is 0.192 e. The summed E-state index contributed by atoms with van der Waals surface area (Å²) < 4.78 is 31.5. The first kappa shape index (κ1) is 43.8. The van der Waals surface area contributed by atoms with Gasteiger partial charge in [0.25, 0.3) is 0 Å².